The smallest absolute Gasteiger partial charge is 0.263 e. The van der Waals surface area contributed by atoms with Crippen LogP contribution in [0.5, 0.6) is 5.75 Å². The Hall–Kier alpha value is -3.26. The van der Waals surface area contributed by atoms with Gasteiger partial charge in [0.15, 0.2) is 0 Å². The lowest BCUT2D eigenvalue weighted by molar-refractivity contribution is -0.117. The number of nitrogens with one attached hydrogen (secondary N) is 1. The van der Waals surface area contributed by atoms with E-state index in [-0.39, 0.29) is 11.5 Å². The molecule has 1 N–H and O–H groups in total. The van der Waals surface area contributed by atoms with E-state index in [1.165, 1.54) is 0 Å². The van der Waals surface area contributed by atoms with Crippen molar-refractivity contribution in [1.82, 2.24) is 10.2 Å². The fraction of sp³-hybridized carbons (Fsp3) is 0.273. The van der Waals surface area contributed by atoms with Crippen LogP contribution in [0.1, 0.15) is 18.1 Å². The zero-order valence-corrected chi connectivity index (χ0v) is 15.8. The van der Waals surface area contributed by atoms with Crippen LogP contribution in [-0.4, -0.2) is 31.0 Å². The highest BCUT2D eigenvalue weighted by Gasteiger charge is 2.10. The SMILES string of the molecule is CCN(/C=C(/C#N)C(=O)NCCc1ccc(OC)cc1)Cc1ccccc1. The van der Waals surface area contributed by atoms with Gasteiger partial charge >= 0.3 is 0 Å². The summed E-state index contributed by atoms with van der Waals surface area (Å²) < 4.78 is 5.13. The van der Waals surface area contributed by atoms with Gasteiger partial charge in [-0.25, -0.2) is 0 Å². The van der Waals surface area contributed by atoms with Crippen molar-refractivity contribution in [2.45, 2.75) is 19.9 Å². The Bertz CT molecular complexity index is 793. The Morgan fingerprint density at radius 2 is 1.85 bits per heavy atom. The third-order valence-corrected chi connectivity index (χ3v) is 4.17. The van der Waals surface area contributed by atoms with Crippen molar-refractivity contribution in [2.24, 2.45) is 0 Å². The van der Waals surface area contributed by atoms with Crippen molar-refractivity contribution >= 4 is 5.91 Å². The highest BCUT2D eigenvalue weighted by Crippen LogP contribution is 2.11. The summed E-state index contributed by atoms with van der Waals surface area (Å²) in [5.41, 5.74) is 2.34. The number of carbonyl (C=O) groups excluding carboxylic acids is 1. The average Bonchev–Trinajstić information content (AvgIpc) is 2.72. The molecule has 5 heteroatoms. The molecule has 0 heterocycles. The lowest BCUT2D eigenvalue weighted by atomic mass is 10.1. The minimum absolute atomic E-state index is 0.113. The van der Waals surface area contributed by atoms with Crippen molar-refractivity contribution in [1.29, 1.82) is 5.26 Å². The molecule has 140 valence electrons. The molecule has 0 bridgehead atoms. The van der Waals surface area contributed by atoms with E-state index < -0.39 is 0 Å². The first-order valence-electron chi connectivity index (χ1n) is 8.97. The first-order valence-corrected chi connectivity index (χ1v) is 8.97. The summed E-state index contributed by atoms with van der Waals surface area (Å²) >= 11 is 0. The molecule has 0 radical (unpaired) electrons. The first kappa shape index (κ1) is 20.1. The van der Waals surface area contributed by atoms with Crippen molar-refractivity contribution in [2.75, 3.05) is 20.2 Å². The third kappa shape index (κ3) is 6.52. The number of hydrogen-bond acceptors (Lipinski definition) is 4. The summed E-state index contributed by atoms with van der Waals surface area (Å²) in [6, 6.07) is 19.7. The lowest BCUT2D eigenvalue weighted by Crippen LogP contribution is -2.28. The van der Waals surface area contributed by atoms with Gasteiger partial charge in [0.25, 0.3) is 5.91 Å². The summed E-state index contributed by atoms with van der Waals surface area (Å²) in [5, 5.41) is 12.2. The standard InChI is InChI=1S/C22H25N3O2/c1-3-25(16-19-7-5-4-6-8-19)17-20(15-23)22(26)24-14-13-18-9-11-21(27-2)12-10-18/h4-12,17H,3,13-14,16H2,1-2H3,(H,24,26)/b20-17-. The largest absolute Gasteiger partial charge is 0.497 e. The van der Waals surface area contributed by atoms with Crippen molar-refractivity contribution in [3.63, 3.8) is 0 Å². The van der Waals surface area contributed by atoms with Gasteiger partial charge in [-0.1, -0.05) is 42.5 Å². The number of nitrogens with zero attached hydrogens (tertiary/aromatic N) is 2. The Morgan fingerprint density at radius 1 is 1.15 bits per heavy atom. The van der Waals surface area contributed by atoms with E-state index in [1.807, 2.05) is 72.5 Å². The molecule has 2 rings (SSSR count). The van der Waals surface area contributed by atoms with Crippen LogP contribution in [0.4, 0.5) is 0 Å². The maximum atomic E-state index is 12.3. The van der Waals surface area contributed by atoms with Gasteiger partial charge in [-0.3, -0.25) is 4.79 Å². The number of rotatable bonds is 9. The van der Waals surface area contributed by atoms with Crippen LogP contribution < -0.4 is 10.1 Å². The highest BCUT2D eigenvalue weighted by molar-refractivity contribution is 5.97. The number of carbonyl (C=O) groups is 1. The van der Waals surface area contributed by atoms with E-state index in [4.69, 9.17) is 4.74 Å². The van der Waals surface area contributed by atoms with Crippen LogP contribution in [-0.2, 0) is 17.8 Å². The van der Waals surface area contributed by atoms with E-state index in [1.54, 1.807) is 13.3 Å². The second-order valence-corrected chi connectivity index (χ2v) is 6.06. The van der Waals surface area contributed by atoms with Gasteiger partial charge in [0, 0.05) is 25.8 Å². The molecule has 0 unspecified atom stereocenters. The topological polar surface area (TPSA) is 65.4 Å². The highest BCUT2D eigenvalue weighted by atomic mass is 16.5. The Labute approximate surface area is 160 Å². The summed E-state index contributed by atoms with van der Waals surface area (Å²) in [6.45, 7) is 3.83. The Morgan fingerprint density at radius 3 is 2.44 bits per heavy atom. The second kappa shape index (κ2) is 10.7. The fourth-order valence-electron chi connectivity index (χ4n) is 2.60. The zero-order chi connectivity index (χ0) is 19.5. The average molecular weight is 363 g/mol. The van der Waals surface area contributed by atoms with Crippen LogP contribution in [0.25, 0.3) is 0 Å². The van der Waals surface area contributed by atoms with E-state index in [2.05, 4.69) is 5.32 Å². The van der Waals surface area contributed by atoms with E-state index in [9.17, 15) is 10.1 Å². The Balaban J connectivity index is 1.91. The number of amides is 1. The molecule has 27 heavy (non-hydrogen) atoms. The fourth-order valence-corrected chi connectivity index (χ4v) is 2.60. The van der Waals surface area contributed by atoms with Gasteiger partial charge in [0.05, 0.1) is 7.11 Å². The zero-order valence-electron chi connectivity index (χ0n) is 15.8. The van der Waals surface area contributed by atoms with Crippen LogP contribution in [0.2, 0.25) is 0 Å². The molecule has 5 nitrogen and oxygen atoms in total. The number of ether oxygens (including phenoxy) is 1. The third-order valence-electron chi connectivity index (χ3n) is 4.17. The molecular formula is C22H25N3O2. The molecule has 2 aromatic carbocycles. The number of methoxy groups -OCH3 is 1. The summed E-state index contributed by atoms with van der Waals surface area (Å²) in [7, 11) is 1.63. The number of hydrogen-bond donors (Lipinski definition) is 1. The van der Waals surface area contributed by atoms with E-state index in [0.717, 1.165) is 16.9 Å². The van der Waals surface area contributed by atoms with E-state index in [0.29, 0.717) is 26.1 Å². The molecule has 0 fully saturated rings. The lowest BCUT2D eigenvalue weighted by Gasteiger charge is -2.19. The summed E-state index contributed by atoms with van der Waals surface area (Å²) in [6.07, 6.45) is 2.33. The molecule has 1 amide bonds. The number of benzene rings is 2. The van der Waals surface area contributed by atoms with Crippen LogP contribution in [0.3, 0.4) is 0 Å². The molecule has 0 aromatic heterocycles. The minimum Gasteiger partial charge on any atom is -0.497 e. The molecule has 0 aliphatic carbocycles. The van der Waals surface area contributed by atoms with Crippen molar-refractivity contribution in [3.8, 4) is 11.8 Å². The number of nitriles is 1. The van der Waals surface area contributed by atoms with Crippen molar-refractivity contribution in [3.05, 3.63) is 77.5 Å². The van der Waals surface area contributed by atoms with Crippen LogP contribution in [0.15, 0.2) is 66.4 Å². The van der Waals surface area contributed by atoms with Gasteiger partial charge in [-0.05, 0) is 36.6 Å². The molecule has 0 saturated carbocycles. The monoisotopic (exact) mass is 363 g/mol. The van der Waals surface area contributed by atoms with Crippen LogP contribution in [0, 0.1) is 11.3 Å². The van der Waals surface area contributed by atoms with Gasteiger partial charge in [-0.2, -0.15) is 5.26 Å². The molecule has 0 aliphatic rings. The molecule has 0 spiro atoms. The second-order valence-electron chi connectivity index (χ2n) is 6.06. The molecule has 2 aromatic rings. The first-order chi connectivity index (χ1) is 13.2. The molecular weight excluding hydrogens is 338 g/mol. The molecule has 0 atom stereocenters. The maximum Gasteiger partial charge on any atom is 0.263 e. The summed E-state index contributed by atoms with van der Waals surface area (Å²) in [5.74, 6) is 0.452. The molecule has 0 saturated heterocycles. The van der Waals surface area contributed by atoms with Crippen molar-refractivity contribution < 1.29 is 9.53 Å². The van der Waals surface area contributed by atoms with Crippen LogP contribution >= 0.6 is 0 Å². The van der Waals surface area contributed by atoms with E-state index >= 15 is 0 Å². The normalized spacial score (nSPS) is 10.8. The van der Waals surface area contributed by atoms with Gasteiger partial charge in [0.1, 0.15) is 17.4 Å². The predicted octanol–water partition coefficient (Wildman–Crippen LogP) is 3.28. The quantitative estimate of drug-likeness (QED) is 0.548. The Kier molecular flexibility index (Phi) is 7.92. The molecule has 0 aliphatic heterocycles. The van der Waals surface area contributed by atoms with Gasteiger partial charge in [0.2, 0.25) is 0 Å². The summed E-state index contributed by atoms with van der Waals surface area (Å²) in [4.78, 5) is 14.3. The predicted molar refractivity (Wildman–Crippen MR) is 106 cm³/mol. The van der Waals surface area contributed by atoms with Gasteiger partial charge < -0.3 is 15.0 Å². The maximum absolute atomic E-state index is 12.3. The van der Waals surface area contributed by atoms with Gasteiger partial charge in [-0.15, -0.1) is 0 Å². The minimum atomic E-state index is -0.350.